The van der Waals surface area contributed by atoms with Crippen LogP contribution in [-0.2, 0) is 22.5 Å². The molecule has 31 heavy (non-hydrogen) atoms. The van der Waals surface area contributed by atoms with Gasteiger partial charge in [0.25, 0.3) is 0 Å². The minimum atomic E-state index is -0.860. The maximum atomic E-state index is 10.8. The van der Waals surface area contributed by atoms with Crippen LogP contribution in [0.4, 0.5) is 0 Å². The van der Waals surface area contributed by atoms with Crippen molar-refractivity contribution in [2.45, 2.75) is 19.3 Å². The van der Waals surface area contributed by atoms with Gasteiger partial charge in [0.2, 0.25) is 0 Å². The van der Waals surface area contributed by atoms with E-state index in [0.29, 0.717) is 24.5 Å². The standard InChI is InChI=1S/C26H25NO4/c28-26(29)17-19-6-4-10-23(16-19)30-14-15-31-27-25-11-5-9-22-18-21(12-13-24(22)25)20-7-2-1-3-8-20/h1-4,6-8,10-13,16,18,27H,5,9,14-15,17H2,(H,28,29). The highest BCUT2D eigenvalue weighted by atomic mass is 16.7. The molecule has 0 saturated carbocycles. The Hall–Kier alpha value is -3.57. The van der Waals surface area contributed by atoms with E-state index >= 15 is 0 Å². The van der Waals surface area contributed by atoms with Crippen molar-refractivity contribution in [2.75, 3.05) is 13.2 Å². The zero-order valence-corrected chi connectivity index (χ0v) is 17.2. The van der Waals surface area contributed by atoms with Crippen LogP contribution in [0.5, 0.6) is 5.75 Å². The van der Waals surface area contributed by atoms with Crippen LogP contribution in [-0.4, -0.2) is 24.3 Å². The highest BCUT2D eigenvalue weighted by molar-refractivity contribution is 5.73. The van der Waals surface area contributed by atoms with Crippen LogP contribution in [0.25, 0.3) is 16.8 Å². The number of rotatable bonds is 9. The first-order valence-electron chi connectivity index (χ1n) is 10.4. The van der Waals surface area contributed by atoms with Crippen molar-refractivity contribution in [3.8, 4) is 16.9 Å². The maximum absolute atomic E-state index is 10.8. The first-order valence-corrected chi connectivity index (χ1v) is 10.4. The van der Waals surface area contributed by atoms with E-state index in [2.05, 4.69) is 54.0 Å². The molecule has 0 heterocycles. The van der Waals surface area contributed by atoms with Crippen molar-refractivity contribution in [3.05, 3.63) is 95.6 Å². The molecule has 0 unspecified atom stereocenters. The van der Waals surface area contributed by atoms with E-state index in [0.717, 1.165) is 24.1 Å². The number of aryl methyl sites for hydroxylation is 1. The fraction of sp³-hybridized carbons (Fsp3) is 0.192. The molecule has 2 N–H and O–H groups in total. The molecule has 158 valence electrons. The van der Waals surface area contributed by atoms with Crippen molar-refractivity contribution in [1.82, 2.24) is 5.48 Å². The van der Waals surface area contributed by atoms with Crippen LogP contribution < -0.4 is 10.2 Å². The SMILES string of the molecule is O=C(O)Cc1cccc(OCCONC2=CCCc3cc(-c4ccccc4)ccc32)c1. The molecule has 0 aliphatic heterocycles. The van der Waals surface area contributed by atoms with Crippen LogP contribution >= 0.6 is 0 Å². The molecule has 0 radical (unpaired) electrons. The summed E-state index contributed by atoms with van der Waals surface area (Å²) >= 11 is 0. The molecule has 0 fully saturated rings. The number of benzene rings is 3. The molecular weight excluding hydrogens is 390 g/mol. The number of nitrogens with one attached hydrogen (secondary N) is 1. The highest BCUT2D eigenvalue weighted by Crippen LogP contribution is 2.29. The molecule has 0 atom stereocenters. The third-order valence-electron chi connectivity index (χ3n) is 5.15. The van der Waals surface area contributed by atoms with E-state index < -0.39 is 5.97 Å². The Morgan fingerprint density at radius 2 is 1.81 bits per heavy atom. The second-order valence-corrected chi connectivity index (χ2v) is 7.41. The summed E-state index contributed by atoms with van der Waals surface area (Å²) in [6, 6.07) is 24.0. The molecule has 1 aliphatic carbocycles. The summed E-state index contributed by atoms with van der Waals surface area (Å²) in [6.45, 7) is 0.717. The van der Waals surface area contributed by atoms with Crippen LogP contribution in [0.2, 0.25) is 0 Å². The van der Waals surface area contributed by atoms with Gasteiger partial charge in [-0.3, -0.25) is 15.1 Å². The van der Waals surface area contributed by atoms with Crippen molar-refractivity contribution < 1.29 is 19.5 Å². The van der Waals surface area contributed by atoms with Gasteiger partial charge in [0, 0.05) is 5.56 Å². The van der Waals surface area contributed by atoms with Crippen molar-refractivity contribution in [3.63, 3.8) is 0 Å². The number of carboxylic acid groups (broad SMARTS) is 1. The van der Waals surface area contributed by atoms with Crippen molar-refractivity contribution >= 4 is 11.7 Å². The maximum Gasteiger partial charge on any atom is 0.307 e. The Morgan fingerprint density at radius 3 is 2.65 bits per heavy atom. The third kappa shape index (κ3) is 5.53. The van der Waals surface area contributed by atoms with E-state index in [-0.39, 0.29) is 6.42 Å². The third-order valence-corrected chi connectivity index (χ3v) is 5.15. The van der Waals surface area contributed by atoms with E-state index in [4.69, 9.17) is 14.7 Å². The average molecular weight is 415 g/mol. The minimum Gasteiger partial charge on any atom is -0.491 e. The Bertz CT molecular complexity index is 1080. The molecule has 1 aliphatic rings. The zero-order valence-electron chi connectivity index (χ0n) is 17.2. The van der Waals surface area contributed by atoms with E-state index in [1.807, 2.05) is 12.1 Å². The normalized spacial score (nSPS) is 12.6. The minimum absolute atomic E-state index is 0.0190. The van der Waals surface area contributed by atoms with E-state index in [1.165, 1.54) is 16.7 Å². The summed E-state index contributed by atoms with van der Waals surface area (Å²) in [6.07, 6.45) is 4.11. The predicted octanol–water partition coefficient (Wildman–Crippen LogP) is 4.87. The molecule has 0 spiro atoms. The van der Waals surface area contributed by atoms with Gasteiger partial charge in [-0.2, -0.15) is 0 Å². The van der Waals surface area contributed by atoms with Crippen LogP contribution in [0.3, 0.4) is 0 Å². The Kier molecular flexibility index (Phi) is 6.65. The number of fused-ring (bicyclic) bond motifs is 1. The largest absolute Gasteiger partial charge is 0.491 e. The number of hydrogen-bond acceptors (Lipinski definition) is 4. The summed E-state index contributed by atoms with van der Waals surface area (Å²) in [5, 5.41) is 8.90. The summed E-state index contributed by atoms with van der Waals surface area (Å²) in [7, 11) is 0. The first kappa shape index (κ1) is 20.7. The molecular formula is C26H25NO4. The van der Waals surface area contributed by atoms with E-state index in [1.54, 1.807) is 18.2 Å². The molecule has 5 heteroatoms. The summed E-state index contributed by atoms with van der Waals surface area (Å²) < 4.78 is 5.67. The Morgan fingerprint density at radius 1 is 0.935 bits per heavy atom. The van der Waals surface area contributed by atoms with E-state index in [9.17, 15) is 4.79 Å². The van der Waals surface area contributed by atoms with Gasteiger partial charge in [0.15, 0.2) is 0 Å². The molecule has 0 amide bonds. The molecule has 4 rings (SSSR count). The number of carbonyl (C=O) groups is 1. The lowest BCUT2D eigenvalue weighted by molar-refractivity contribution is -0.136. The molecule has 0 bridgehead atoms. The van der Waals surface area contributed by atoms with Gasteiger partial charge in [-0.25, -0.2) is 0 Å². The number of hydrogen-bond donors (Lipinski definition) is 2. The highest BCUT2D eigenvalue weighted by Gasteiger charge is 2.14. The van der Waals surface area contributed by atoms with Crippen LogP contribution in [0.15, 0.2) is 78.9 Å². The number of hydroxylamine groups is 1. The van der Waals surface area contributed by atoms with Gasteiger partial charge in [-0.05, 0) is 47.2 Å². The number of ether oxygens (including phenoxy) is 1. The molecule has 5 nitrogen and oxygen atoms in total. The van der Waals surface area contributed by atoms with Crippen LogP contribution in [0.1, 0.15) is 23.1 Å². The topological polar surface area (TPSA) is 67.8 Å². The quantitative estimate of drug-likeness (QED) is 0.386. The predicted molar refractivity (Wildman–Crippen MR) is 121 cm³/mol. The van der Waals surface area contributed by atoms with Gasteiger partial charge < -0.3 is 9.84 Å². The van der Waals surface area contributed by atoms with Gasteiger partial charge in [0.05, 0.1) is 12.1 Å². The van der Waals surface area contributed by atoms with Gasteiger partial charge >= 0.3 is 5.97 Å². The number of aliphatic carboxylic acids is 1. The number of allylic oxidation sites excluding steroid dienone is 1. The molecule has 0 saturated heterocycles. The van der Waals surface area contributed by atoms with Gasteiger partial charge in [-0.1, -0.05) is 66.7 Å². The summed E-state index contributed by atoms with van der Waals surface area (Å²) in [4.78, 5) is 16.5. The second-order valence-electron chi connectivity index (χ2n) is 7.41. The number of carboxylic acids is 1. The fourth-order valence-electron chi connectivity index (χ4n) is 3.70. The fourth-order valence-corrected chi connectivity index (χ4v) is 3.70. The monoisotopic (exact) mass is 415 g/mol. The van der Waals surface area contributed by atoms with Crippen molar-refractivity contribution in [2.24, 2.45) is 0 Å². The lowest BCUT2D eigenvalue weighted by Gasteiger charge is -2.20. The zero-order chi connectivity index (χ0) is 21.5. The Balaban J connectivity index is 1.29. The summed E-state index contributed by atoms with van der Waals surface area (Å²) in [5.74, 6) is -0.223. The van der Waals surface area contributed by atoms with Crippen LogP contribution in [0, 0.1) is 0 Å². The molecule has 0 aromatic heterocycles. The second kappa shape index (κ2) is 9.96. The lowest BCUT2D eigenvalue weighted by atomic mass is 9.91. The molecule has 3 aromatic rings. The Labute approximate surface area is 181 Å². The lowest BCUT2D eigenvalue weighted by Crippen LogP contribution is -2.20. The van der Waals surface area contributed by atoms with Gasteiger partial charge in [-0.15, -0.1) is 0 Å². The van der Waals surface area contributed by atoms with Crippen molar-refractivity contribution in [1.29, 1.82) is 0 Å². The smallest absolute Gasteiger partial charge is 0.307 e. The average Bonchev–Trinajstić information content (AvgIpc) is 2.79. The van der Waals surface area contributed by atoms with Gasteiger partial charge in [0.1, 0.15) is 19.0 Å². The molecule has 3 aromatic carbocycles. The first-order chi connectivity index (χ1) is 15.2. The summed E-state index contributed by atoms with van der Waals surface area (Å²) in [5.41, 5.74) is 9.66.